The molecule has 0 aromatic rings. The highest BCUT2D eigenvalue weighted by atomic mass is 16.5. The lowest BCUT2D eigenvalue weighted by atomic mass is 10.0. The summed E-state index contributed by atoms with van der Waals surface area (Å²) in [6.07, 6.45) is 99.2. The largest absolute Gasteiger partial charge is 0.466 e. The second-order valence-corrected chi connectivity index (χ2v) is 28.5. The van der Waals surface area contributed by atoms with Gasteiger partial charge in [-0.25, -0.2) is 0 Å². The first-order valence-electron chi connectivity index (χ1n) is 41.0. The summed E-state index contributed by atoms with van der Waals surface area (Å²) >= 11 is 0. The average Bonchev–Trinajstić information content (AvgIpc) is 3.58. The van der Waals surface area contributed by atoms with Gasteiger partial charge in [-0.3, -0.25) is 9.59 Å². The molecule has 6 nitrogen and oxygen atoms in total. The van der Waals surface area contributed by atoms with Gasteiger partial charge in [-0.1, -0.05) is 443 Å². The highest BCUT2D eigenvalue weighted by molar-refractivity contribution is 5.76. The molecule has 0 radical (unpaired) electrons. The van der Waals surface area contributed by atoms with E-state index in [1.807, 2.05) is 6.08 Å². The molecule has 0 aromatic heterocycles. The summed E-state index contributed by atoms with van der Waals surface area (Å²) in [6, 6.07) is -0.624. The van der Waals surface area contributed by atoms with Crippen molar-refractivity contribution >= 4 is 11.9 Å². The number of unbranched alkanes of at least 4 members (excludes halogenated alkanes) is 67. The quantitative estimate of drug-likeness (QED) is 0.0320. The monoisotopic (exact) mass is 1240 g/mol. The zero-order chi connectivity index (χ0) is 63.5. The molecule has 6 heteroatoms. The van der Waals surface area contributed by atoms with Crippen molar-refractivity contribution in [2.24, 2.45) is 0 Å². The van der Waals surface area contributed by atoms with Gasteiger partial charge < -0.3 is 20.3 Å². The third kappa shape index (κ3) is 73.6. The highest BCUT2D eigenvalue weighted by Gasteiger charge is 2.18. The van der Waals surface area contributed by atoms with Crippen LogP contribution in [0.2, 0.25) is 0 Å². The molecule has 0 aromatic carbocycles. The minimum Gasteiger partial charge on any atom is -0.466 e. The Kier molecular flexibility index (Phi) is 76.8. The molecular weight excluding hydrogens is 1080 g/mol. The lowest BCUT2D eigenvalue weighted by Crippen LogP contribution is -2.45. The molecule has 0 aliphatic rings. The van der Waals surface area contributed by atoms with Crippen molar-refractivity contribution in [3.05, 3.63) is 12.2 Å². The van der Waals surface area contributed by atoms with Crippen LogP contribution in [0.5, 0.6) is 0 Å². The molecule has 0 heterocycles. The predicted octanol–water partition coefficient (Wildman–Crippen LogP) is 27.1. The van der Waals surface area contributed by atoms with Crippen molar-refractivity contribution in [2.45, 2.75) is 488 Å². The third-order valence-electron chi connectivity index (χ3n) is 19.6. The van der Waals surface area contributed by atoms with Gasteiger partial charge in [0, 0.05) is 12.8 Å². The van der Waals surface area contributed by atoms with Crippen LogP contribution < -0.4 is 5.32 Å². The van der Waals surface area contributed by atoms with E-state index in [-0.39, 0.29) is 18.5 Å². The normalized spacial score (nSPS) is 12.5. The summed E-state index contributed by atoms with van der Waals surface area (Å²) in [4.78, 5) is 24.7. The summed E-state index contributed by atoms with van der Waals surface area (Å²) < 4.78 is 5.52. The van der Waals surface area contributed by atoms with Crippen molar-refractivity contribution < 1.29 is 24.5 Å². The molecule has 0 aliphatic heterocycles. The van der Waals surface area contributed by atoms with Crippen LogP contribution in [0, 0.1) is 0 Å². The number of esters is 1. The van der Waals surface area contributed by atoms with E-state index in [1.165, 1.54) is 411 Å². The second-order valence-electron chi connectivity index (χ2n) is 28.5. The van der Waals surface area contributed by atoms with Gasteiger partial charge in [0.2, 0.25) is 5.91 Å². The van der Waals surface area contributed by atoms with E-state index >= 15 is 0 Å². The van der Waals surface area contributed by atoms with Gasteiger partial charge in [0.15, 0.2) is 0 Å². The maximum absolute atomic E-state index is 12.5. The number of carbonyl (C=O) groups excluding carboxylic acids is 2. The first-order chi connectivity index (χ1) is 43.5. The summed E-state index contributed by atoms with van der Waals surface area (Å²) in [5.74, 6) is -0.0301. The van der Waals surface area contributed by atoms with E-state index in [9.17, 15) is 19.8 Å². The number of aliphatic hydroxyl groups is 2. The van der Waals surface area contributed by atoms with Gasteiger partial charge in [-0.2, -0.15) is 0 Å². The van der Waals surface area contributed by atoms with E-state index in [0.717, 1.165) is 38.5 Å². The SMILES string of the molecule is CCCCCCCCCCCCCCCCCCC/C=C/C(O)C(CO)NC(=O)CCCCCCCCCCCCCCCCCCCCCCCCCCCCCCCCCCCCCOC(=O)CCCCCCCCCCCCCCCCCCC. The maximum Gasteiger partial charge on any atom is 0.305 e. The van der Waals surface area contributed by atoms with Crippen molar-refractivity contribution in [3.63, 3.8) is 0 Å². The van der Waals surface area contributed by atoms with Crippen LogP contribution in [0.25, 0.3) is 0 Å². The number of aliphatic hydroxyl groups excluding tert-OH is 2. The summed E-state index contributed by atoms with van der Waals surface area (Å²) in [5, 5.41) is 23.3. The molecule has 0 spiro atoms. The number of hydrogen-bond acceptors (Lipinski definition) is 5. The van der Waals surface area contributed by atoms with Gasteiger partial charge in [0.05, 0.1) is 25.4 Å². The van der Waals surface area contributed by atoms with Crippen LogP contribution >= 0.6 is 0 Å². The van der Waals surface area contributed by atoms with Gasteiger partial charge in [-0.05, 0) is 32.1 Å². The fourth-order valence-corrected chi connectivity index (χ4v) is 13.3. The van der Waals surface area contributed by atoms with E-state index in [4.69, 9.17) is 4.74 Å². The first kappa shape index (κ1) is 86.6. The topological polar surface area (TPSA) is 95.9 Å². The van der Waals surface area contributed by atoms with Crippen molar-refractivity contribution in [2.75, 3.05) is 13.2 Å². The van der Waals surface area contributed by atoms with Crippen LogP contribution in [0.15, 0.2) is 12.2 Å². The molecule has 0 fully saturated rings. The zero-order valence-electron chi connectivity index (χ0n) is 60.3. The van der Waals surface area contributed by atoms with Crippen LogP contribution in [0.1, 0.15) is 476 Å². The van der Waals surface area contributed by atoms with Crippen molar-refractivity contribution in [1.29, 1.82) is 0 Å². The van der Waals surface area contributed by atoms with E-state index in [1.54, 1.807) is 6.08 Å². The predicted molar refractivity (Wildman–Crippen MR) is 389 cm³/mol. The summed E-state index contributed by atoms with van der Waals surface area (Å²) in [7, 11) is 0. The second kappa shape index (κ2) is 78.0. The fraction of sp³-hybridized carbons (Fsp3) is 0.951. The van der Waals surface area contributed by atoms with Crippen LogP contribution in [0.4, 0.5) is 0 Å². The molecule has 0 rings (SSSR count). The molecule has 0 aliphatic carbocycles. The number of carbonyl (C=O) groups is 2. The number of hydrogen-bond donors (Lipinski definition) is 3. The van der Waals surface area contributed by atoms with Gasteiger partial charge in [0.1, 0.15) is 0 Å². The lowest BCUT2D eigenvalue weighted by Gasteiger charge is -2.20. The number of nitrogens with one attached hydrogen (secondary N) is 1. The molecule has 3 N–H and O–H groups in total. The number of ether oxygens (including phenoxy) is 1. The molecule has 2 unspecified atom stereocenters. The van der Waals surface area contributed by atoms with Crippen molar-refractivity contribution in [1.82, 2.24) is 5.32 Å². The maximum atomic E-state index is 12.5. The van der Waals surface area contributed by atoms with Gasteiger partial charge >= 0.3 is 5.97 Å². The minimum atomic E-state index is -0.841. The molecule has 0 saturated heterocycles. The summed E-state index contributed by atoms with van der Waals surface area (Å²) in [5.41, 5.74) is 0. The van der Waals surface area contributed by atoms with E-state index in [0.29, 0.717) is 19.4 Å². The van der Waals surface area contributed by atoms with Gasteiger partial charge in [-0.15, -0.1) is 0 Å². The number of allylic oxidation sites excluding steroid dienone is 1. The Bertz CT molecular complexity index is 1340. The zero-order valence-corrected chi connectivity index (χ0v) is 60.3. The lowest BCUT2D eigenvalue weighted by molar-refractivity contribution is -0.143. The molecular formula is C82H161NO5. The Morgan fingerprint density at radius 3 is 0.773 bits per heavy atom. The average molecular weight is 1240 g/mol. The molecule has 88 heavy (non-hydrogen) atoms. The first-order valence-corrected chi connectivity index (χ1v) is 41.0. The van der Waals surface area contributed by atoms with Gasteiger partial charge in [0.25, 0.3) is 0 Å². The Morgan fingerprint density at radius 2 is 0.523 bits per heavy atom. The molecule has 1 amide bonds. The molecule has 0 saturated carbocycles. The number of rotatable bonds is 78. The molecule has 524 valence electrons. The highest BCUT2D eigenvalue weighted by Crippen LogP contribution is 2.21. The third-order valence-corrected chi connectivity index (χ3v) is 19.6. The molecule has 0 bridgehead atoms. The Balaban J connectivity index is 3.31. The van der Waals surface area contributed by atoms with Crippen LogP contribution in [-0.4, -0.2) is 47.4 Å². The summed E-state index contributed by atoms with van der Waals surface area (Å²) in [6.45, 7) is 4.97. The standard InChI is InChI=1S/C82H161NO5/c1-3-5-7-9-11-13-15-17-19-21-39-43-46-50-54-58-62-66-70-74-80(85)79(78-84)83-81(86)75-71-67-63-59-55-51-47-44-40-37-35-33-31-29-27-25-23-22-24-26-28-30-32-34-36-38-41-45-49-53-57-61-65-69-73-77-88-82(87)76-72-68-64-60-56-52-48-42-20-18-16-14-12-10-8-6-4-2/h70,74,79-80,84-85H,3-69,71-73,75-78H2,1-2H3,(H,83,86)/b74-70+. The number of amides is 1. The van der Waals surface area contributed by atoms with Crippen LogP contribution in [0.3, 0.4) is 0 Å². The van der Waals surface area contributed by atoms with E-state index in [2.05, 4.69) is 19.2 Å². The van der Waals surface area contributed by atoms with Crippen LogP contribution in [-0.2, 0) is 14.3 Å². The Labute approximate surface area is 552 Å². The molecule has 2 atom stereocenters. The van der Waals surface area contributed by atoms with E-state index < -0.39 is 12.1 Å². The Morgan fingerprint density at radius 1 is 0.307 bits per heavy atom. The Hall–Kier alpha value is -1.40. The fourth-order valence-electron chi connectivity index (χ4n) is 13.3. The smallest absolute Gasteiger partial charge is 0.305 e. The van der Waals surface area contributed by atoms with Crippen molar-refractivity contribution in [3.8, 4) is 0 Å². The minimum absolute atomic E-state index is 0.0276.